The van der Waals surface area contributed by atoms with Crippen LogP contribution in [-0.2, 0) is 9.53 Å². The predicted molar refractivity (Wildman–Crippen MR) is 123 cm³/mol. The number of hydrogen-bond acceptors (Lipinski definition) is 4. The van der Waals surface area contributed by atoms with Gasteiger partial charge in [-0.15, -0.1) is 0 Å². The third-order valence-electron chi connectivity index (χ3n) is 7.41. The zero-order valence-corrected chi connectivity index (χ0v) is 19.5. The fraction of sp³-hybridized carbons (Fsp3) is 0.808. The SMILES string of the molecule is CCCC[C@H](C)C[C@H](O)/C=C/[C@@H]1[C@H]2CC(COCCC(=O)N3CCCC3)=C[C@H]2C[C@H]1O. The summed E-state index contributed by atoms with van der Waals surface area (Å²) in [6.07, 6.45) is 14.3. The lowest BCUT2D eigenvalue weighted by molar-refractivity contribution is -0.131. The lowest BCUT2D eigenvalue weighted by atomic mass is 9.88. The number of fused-ring (bicyclic) bond motifs is 1. The molecule has 2 fully saturated rings. The minimum absolute atomic E-state index is 0.107. The summed E-state index contributed by atoms with van der Waals surface area (Å²) >= 11 is 0. The van der Waals surface area contributed by atoms with Crippen LogP contribution >= 0.6 is 0 Å². The molecule has 31 heavy (non-hydrogen) atoms. The molecular formula is C26H43NO4. The van der Waals surface area contributed by atoms with E-state index in [0.717, 1.165) is 51.6 Å². The van der Waals surface area contributed by atoms with Gasteiger partial charge in [-0.2, -0.15) is 0 Å². The number of nitrogens with zero attached hydrogens (tertiary/aromatic N) is 1. The molecule has 1 heterocycles. The molecule has 0 aromatic heterocycles. The maximum Gasteiger partial charge on any atom is 0.224 e. The van der Waals surface area contributed by atoms with Gasteiger partial charge in [-0.3, -0.25) is 4.79 Å². The number of aliphatic hydroxyl groups excluding tert-OH is 2. The normalized spacial score (nSPS) is 30.1. The Morgan fingerprint density at radius 1 is 1.35 bits per heavy atom. The van der Waals surface area contributed by atoms with Gasteiger partial charge in [0.05, 0.1) is 31.8 Å². The summed E-state index contributed by atoms with van der Waals surface area (Å²) in [5, 5.41) is 20.9. The van der Waals surface area contributed by atoms with Crippen LogP contribution < -0.4 is 0 Å². The second-order valence-corrected chi connectivity index (χ2v) is 10.1. The van der Waals surface area contributed by atoms with Gasteiger partial charge in [0.1, 0.15) is 0 Å². The maximum absolute atomic E-state index is 12.1. The molecule has 0 bridgehead atoms. The van der Waals surface area contributed by atoms with Gasteiger partial charge in [-0.1, -0.05) is 51.3 Å². The molecule has 1 saturated heterocycles. The van der Waals surface area contributed by atoms with Crippen LogP contribution in [-0.4, -0.2) is 59.5 Å². The first-order valence-electron chi connectivity index (χ1n) is 12.6. The minimum Gasteiger partial charge on any atom is -0.392 e. The molecule has 3 aliphatic rings. The summed E-state index contributed by atoms with van der Waals surface area (Å²) in [5.41, 5.74) is 1.29. The highest BCUT2D eigenvalue weighted by Gasteiger charge is 2.43. The zero-order chi connectivity index (χ0) is 22.2. The number of likely N-dealkylation sites (tertiary alicyclic amines) is 1. The minimum atomic E-state index is -0.427. The van der Waals surface area contributed by atoms with Gasteiger partial charge in [-0.25, -0.2) is 0 Å². The number of allylic oxidation sites excluding steroid dienone is 1. The van der Waals surface area contributed by atoms with Crippen molar-refractivity contribution in [3.63, 3.8) is 0 Å². The smallest absolute Gasteiger partial charge is 0.224 e. The van der Waals surface area contributed by atoms with E-state index >= 15 is 0 Å². The molecule has 0 aromatic carbocycles. The van der Waals surface area contributed by atoms with Crippen molar-refractivity contribution in [3.05, 3.63) is 23.8 Å². The van der Waals surface area contributed by atoms with Crippen molar-refractivity contribution < 1.29 is 19.7 Å². The average Bonchev–Trinajstić information content (AvgIpc) is 3.45. The van der Waals surface area contributed by atoms with Crippen LogP contribution in [0.5, 0.6) is 0 Å². The number of carbonyl (C=O) groups is 1. The van der Waals surface area contributed by atoms with Crippen LogP contribution in [0, 0.1) is 23.7 Å². The first-order chi connectivity index (χ1) is 15.0. The Balaban J connectivity index is 1.38. The highest BCUT2D eigenvalue weighted by Crippen LogP contribution is 2.47. The van der Waals surface area contributed by atoms with Crippen molar-refractivity contribution in [1.29, 1.82) is 0 Å². The van der Waals surface area contributed by atoms with E-state index in [1.54, 1.807) is 0 Å². The van der Waals surface area contributed by atoms with Crippen molar-refractivity contribution in [2.24, 2.45) is 23.7 Å². The van der Waals surface area contributed by atoms with Crippen LogP contribution in [0.25, 0.3) is 0 Å². The molecule has 5 nitrogen and oxygen atoms in total. The molecule has 0 spiro atoms. The number of rotatable bonds is 12. The van der Waals surface area contributed by atoms with Crippen LogP contribution in [0.2, 0.25) is 0 Å². The lowest BCUT2D eigenvalue weighted by Gasteiger charge is -2.19. The van der Waals surface area contributed by atoms with E-state index in [2.05, 4.69) is 26.0 Å². The van der Waals surface area contributed by atoms with E-state index in [1.165, 1.54) is 18.4 Å². The van der Waals surface area contributed by atoms with Crippen molar-refractivity contribution in [1.82, 2.24) is 4.90 Å². The number of aliphatic hydroxyl groups is 2. The van der Waals surface area contributed by atoms with E-state index in [0.29, 0.717) is 37.4 Å². The quantitative estimate of drug-likeness (QED) is 0.359. The number of hydrogen-bond donors (Lipinski definition) is 2. The van der Waals surface area contributed by atoms with Gasteiger partial charge in [0.25, 0.3) is 0 Å². The van der Waals surface area contributed by atoms with E-state index in [4.69, 9.17) is 4.74 Å². The molecule has 2 N–H and O–H groups in total. The second-order valence-electron chi connectivity index (χ2n) is 10.1. The first kappa shape index (κ1) is 24.5. The third kappa shape index (κ3) is 7.16. The highest BCUT2D eigenvalue weighted by molar-refractivity contribution is 5.76. The number of carbonyl (C=O) groups excluding carboxylic acids is 1. The lowest BCUT2D eigenvalue weighted by Crippen LogP contribution is -2.28. The van der Waals surface area contributed by atoms with Crippen LogP contribution in [0.3, 0.4) is 0 Å². The summed E-state index contributed by atoms with van der Waals surface area (Å²) in [4.78, 5) is 14.0. The molecule has 5 heteroatoms. The predicted octanol–water partition coefficient (Wildman–Crippen LogP) is 4.09. The van der Waals surface area contributed by atoms with Crippen molar-refractivity contribution >= 4 is 5.91 Å². The van der Waals surface area contributed by atoms with E-state index in [-0.39, 0.29) is 17.9 Å². The van der Waals surface area contributed by atoms with E-state index < -0.39 is 6.10 Å². The van der Waals surface area contributed by atoms with Crippen molar-refractivity contribution in [3.8, 4) is 0 Å². The largest absolute Gasteiger partial charge is 0.392 e. The molecule has 176 valence electrons. The topological polar surface area (TPSA) is 70.0 Å². The summed E-state index contributed by atoms with van der Waals surface area (Å²) in [6.45, 7) is 7.28. The van der Waals surface area contributed by atoms with E-state index in [1.807, 2.05) is 11.0 Å². The van der Waals surface area contributed by atoms with Gasteiger partial charge in [0.15, 0.2) is 0 Å². The standard InChI is InChI=1S/C26H43NO4/c1-3-4-7-19(2)14-22(28)8-9-23-24-16-20(15-21(24)17-25(23)29)18-31-13-10-26(30)27-11-5-6-12-27/h8-9,15,19,21-25,28-29H,3-7,10-14,16-18H2,1-2H3/b9-8+/t19-,21-,22+,23+,24-,25+/m0/s1. The maximum atomic E-state index is 12.1. The molecule has 2 aliphatic carbocycles. The number of unbranched alkanes of at least 4 members (excludes halogenated alkanes) is 1. The molecular weight excluding hydrogens is 390 g/mol. The van der Waals surface area contributed by atoms with Gasteiger partial charge in [0.2, 0.25) is 5.91 Å². The fourth-order valence-corrected chi connectivity index (χ4v) is 5.62. The molecule has 0 radical (unpaired) electrons. The molecule has 6 atom stereocenters. The van der Waals surface area contributed by atoms with Gasteiger partial charge >= 0.3 is 0 Å². The van der Waals surface area contributed by atoms with Gasteiger partial charge < -0.3 is 19.8 Å². The first-order valence-corrected chi connectivity index (χ1v) is 12.6. The molecule has 1 saturated carbocycles. The fourth-order valence-electron chi connectivity index (χ4n) is 5.62. The van der Waals surface area contributed by atoms with Crippen molar-refractivity contribution in [2.45, 2.75) is 83.8 Å². The van der Waals surface area contributed by atoms with Gasteiger partial charge in [-0.05, 0) is 55.4 Å². The Morgan fingerprint density at radius 2 is 2.13 bits per heavy atom. The van der Waals surface area contributed by atoms with Crippen LogP contribution in [0.1, 0.15) is 71.6 Å². The second kappa shape index (κ2) is 12.2. The molecule has 3 rings (SSSR count). The Morgan fingerprint density at radius 3 is 2.87 bits per heavy atom. The molecule has 1 aliphatic heterocycles. The summed E-state index contributed by atoms with van der Waals surface area (Å²) in [7, 11) is 0. The van der Waals surface area contributed by atoms with E-state index in [9.17, 15) is 15.0 Å². The zero-order valence-electron chi connectivity index (χ0n) is 19.5. The Bertz CT molecular complexity index is 625. The van der Waals surface area contributed by atoms with Crippen LogP contribution in [0.15, 0.2) is 23.8 Å². The van der Waals surface area contributed by atoms with Crippen LogP contribution in [0.4, 0.5) is 0 Å². The Hall–Kier alpha value is -1.17. The monoisotopic (exact) mass is 433 g/mol. The number of amides is 1. The molecule has 0 unspecified atom stereocenters. The van der Waals surface area contributed by atoms with Gasteiger partial charge in [0, 0.05) is 19.0 Å². The summed E-state index contributed by atoms with van der Waals surface area (Å²) in [6, 6.07) is 0. The Labute approximate surface area is 188 Å². The molecule has 0 aromatic rings. The highest BCUT2D eigenvalue weighted by atomic mass is 16.5. The number of ether oxygens (including phenoxy) is 1. The third-order valence-corrected chi connectivity index (χ3v) is 7.41. The Kier molecular flexibility index (Phi) is 9.61. The summed E-state index contributed by atoms with van der Waals surface area (Å²) < 4.78 is 5.81. The molecule has 1 amide bonds. The summed E-state index contributed by atoms with van der Waals surface area (Å²) in [5.74, 6) is 1.65. The average molecular weight is 434 g/mol. The van der Waals surface area contributed by atoms with Crippen molar-refractivity contribution in [2.75, 3.05) is 26.3 Å².